The fourth-order valence-corrected chi connectivity index (χ4v) is 4.21. The van der Waals surface area contributed by atoms with E-state index in [-0.39, 0.29) is 5.69 Å². The third-order valence-electron chi connectivity index (χ3n) is 5.51. The zero-order chi connectivity index (χ0) is 22.8. The molecule has 1 N–H and O–H groups in total. The molecule has 0 aromatic heterocycles. The van der Waals surface area contributed by atoms with Crippen LogP contribution in [0.3, 0.4) is 0 Å². The van der Waals surface area contributed by atoms with E-state index in [1.54, 1.807) is 25.2 Å². The van der Waals surface area contributed by atoms with Gasteiger partial charge >= 0.3 is 6.03 Å². The Morgan fingerprint density at radius 2 is 1.75 bits per heavy atom. The number of nitrogens with one attached hydrogen (secondary N) is 1. The van der Waals surface area contributed by atoms with Gasteiger partial charge < -0.3 is 19.7 Å². The van der Waals surface area contributed by atoms with E-state index in [0.717, 1.165) is 28.8 Å². The number of hydrogen-bond acceptors (Lipinski definition) is 3. The second kappa shape index (κ2) is 9.04. The summed E-state index contributed by atoms with van der Waals surface area (Å²) >= 11 is 6.51. The third kappa shape index (κ3) is 4.08. The molecule has 0 radical (unpaired) electrons. The summed E-state index contributed by atoms with van der Waals surface area (Å²) in [4.78, 5) is 14.8. The van der Waals surface area contributed by atoms with Gasteiger partial charge in [-0.3, -0.25) is 0 Å². The van der Waals surface area contributed by atoms with Gasteiger partial charge in [-0.05, 0) is 53.4 Å². The van der Waals surface area contributed by atoms with Gasteiger partial charge in [-0.25, -0.2) is 13.6 Å². The molecule has 0 saturated carbocycles. The highest BCUT2D eigenvalue weighted by atomic mass is 35.5. The average Bonchev–Trinajstić information content (AvgIpc) is 2.79. The molecule has 2 amide bonds. The number of urea groups is 1. The van der Waals surface area contributed by atoms with Crippen molar-refractivity contribution in [1.82, 2.24) is 4.90 Å². The monoisotopic (exact) mass is 458 g/mol. The van der Waals surface area contributed by atoms with E-state index in [0.29, 0.717) is 29.5 Å². The largest absolute Gasteiger partial charge is 0.493 e. The third-order valence-corrected chi connectivity index (χ3v) is 5.85. The number of ether oxygens (including phenoxy) is 2. The van der Waals surface area contributed by atoms with Crippen LogP contribution in [0.5, 0.6) is 11.5 Å². The van der Waals surface area contributed by atoms with Crippen LogP contribution < -0.4 is 14.8 Å². The molecule has 0 saturated heterocycles. The normalized spacial score (nSPS) is 15.2. The Labute approximate surface area is 189 Å². The number of amides is 2. The molecule has 0 aliphatic carbocycles. The predicted molar refractivity (Wildman–Crippen MR) is 119 cm³/mol. The molecule has 166 valence electrons. The summed E-state index contributed by atoms with van der Waals surface area (Å²) in [5.41, 5.74) is 2.44. The van der Waals surface area contributed by atoms with E-state index < -0.39 is 23.7 Å². The summed E-state index contributed by atoms with van der Waals surface area (Å²) < 4.78 is 38.3. The number of methoxy groups -OCH3 is 2. The van der Waals surface area contributed by atoms with Crippen molar-refractivity contribution in [3.05, 3.63) is 87.9 Å². The van der Waals surface area contributed by atoms with E-state index in [9.17, 15) is 13.6 Å². The molecule has 3 aromatic rings. The van der Waals surface area contributed by atoms with Crippen molar-refractivity contribution in [3.8, 4) is 11.5 Å². The Morgan fingerprint density at radius 3 is 2.44 bits per heavy atom. The van der Waals surface area contributed by atoms with Crippen molar-refractivity contribution in [3.63, 3.8) is 0 Å². The number of carbonyl (C=O) groups excluding carboxylic acids is 1. The van der Waals surface area contributed by atoms with Gasteiger partial charge in [0.15, 0.2) is 11.5 Å². The maximum atomic E-state index is 14.2. The van der Waals surface area contributed by atoms with Gasteiger partial charge in [0.1, 0.15) is 11.6 Å². The number of halogens is 3. The maximum Gasteiger partial charge on any atom is 0.322 e. The van der Waals surface area contributed by atoms with Gasteiger partial charge in [-0.15, -0.1) is 0 Å². The second-order valence-electron chi connectivity index (χ2n) is 7.33. The fourth-order valence-electron chi connectivity index (χ4n) is 3.97. The molecule has 1 atom stereocenters. The van der Waals surface area contributed by atoms with E-state index in [4.69, 9.17) is 21.1 Å². The zero-order valence-electron chi connectivity index (χ0n) is 17.5. The van der Waals surface area contributed by atoms with E-state index in [1.165, 1.54) is 6.07 Å². The van der Waals surface area contributed by atoms with E-state index >= 15 is 0 Å². The molecule has 1 aliphatic heterocycles. The van der Waals surface area contributed by atoms with E-state index in [2.05, 4.69) is 5.32 Å². The lowest BCUT2D eigenvalue weighted by Gasteiger charge is -2.38. The fraction of sp³-hybridized carbons (Fsp3) is 0.208. The molecule has 0 unspecified atom stereocenters. The van der Waals surface area contributed by atoms with Crippen molar-refractivity contribution in [2.24, 2.45) is 0 Å². The number of rotatable bonds is 4. The number of fused-ring (bicyclic) bond motifs is 1. The first-order valence-electron chi connectivity index (χ1n) is 9.94. The van der Waals surface area contributed by atoms with Crippen molar-refractivity contribution in [2.75, 3.05) is 26.1 Å². The molecule has 1 heterocycles. The molecule has 8 heteroatoms. The molecule has 32 heavy (non-hydrogen) atoms. The van der Waals surface area contributed by atoms with Crippen LogP contribution in [0, 0.1) is 11.6 Å². The van der Waals surface area contributed by atoms with Crippen LogP contribution in [0.2, 0.25) is 5.02 Å². The Balaban J connectivity index is 1.79. The minimum atomic E-state index is -0.851. The first-order valence-corrected chi connectivity index (χ1v) is 10.3. The van der Waals surface area contributed by atoms with Crippen LogP contribution in [-0.2, 0) is 6.42 Å². The average molecular weight is 459 g/mol. The first-order chi connectivity index (χ1) is 15.4. The van der Waals surface area contributed by atoms with Crippen LogP contribution in [0.4, 0.5) is 19.3 Å². The molecule has 4 rings (SSSR count). The lowest BCUT2D eigenvalue weighted by molar-refractivity contribution is 0.193. The number of hydrogen-bond donors (Lipinski definition) is 1. The summed E-state index contributed by atoms with van der Waals surface area (Å²) in [6.07, 6.45) is 0.552. The van der Waals surface area contributed by atoms with Gasteiger partial charge in [0.2, 0.25) is 0 Å². The highest BCUT2D eigenvalue weighted by molar-refractivity contribution is 6.31. The van der Waals surface area contributed by atoms with Crippen LogP contribution in [-0.4, -0.2) is 31.7 Å². The summed E-state index contributed by atoms with van der Waals surface area (Å²) in [7, 11) is 3.11. The summed E-state index contributed by atoms with van der Waals surface area (Å²) in [6, 6.07) is 12.9. The Hall–Kier alpha value is -3.32. The number of carbonyl (C=O) groups is 1. The molecule has 0 spiro atoms. The number of nitrogens with zero attached hydrogens (tertiary/aromatic N) is 1. The van der Waals surface area contributed by atoms with Crippen LogP contribution in [0.15, 0.2) is 54.6 Å². The molecule has 0 bridgehead atoms. The predicted octanol–water partition coefficient (Wildman–Crippen LogP) is 5.82. The molecule has 0 fully saturated rings. The molecular weight excluding hydrogens is 438 g/mol. The summed E-state index contributed by atoms with van der Waals surface area (Å²) in [6.45, 7) is 0.354. The minimum Gasteiger partial charge on any atom is -0.493 e. The zero-order valence-corrected chi connectivity index (χ0v) is 18.2. The van der Waals surface area contributed by atoms with Gasteiger partial charge in [0.25, 0.3) is 0 Å². The molecule has 5 nitrogen and oxygen atoms in total. The first kappa shape index (κ1) is 21.9. The minimum absolute atomic E-state index is 0.104. The molecule has 3 aromatic carbocycles. The lowest BCUT2D eigenvalue weighted by Crippen LogP contribution is -2.43. The van der Waals surface area contributed by atoms with Gasteiger partial charge in [-0.2, -0.15) is 0 Å². The Kier molecular flexibility index (Phi) is 6.19. The highest BCUT2D eigenvalue weighted by Crippen LogP contribution is 2.42. The smallest absolute Gasteiger partial charge is 0.322 e. The van der Waals surface area contributed by atoms with Crippen LogP contribution in [0.25, 0.3) is 0 Å². The summed E-state index contributed by atoms with van der Waals surface area (Å²) in [5, 5.41) is 3.05. The summed E-state index contributed by atoms with van der Waals surface area (Å²) in [5.74, 6) is -0.454. The lowest BCUT2D eigenvalue weighted by atomic mass is 9.87. The van der Waals surface area contributed by atoms with E-state index in [1.807, 2.05) is 30.3 Å². The van der Waals surface area contributed by atoms with Crippen molar-refractivity contribution in [2.45, 2.75) is 12.5 Å². The van der Waals surface area contributed by atoms with Crippen molar-refractivity contribution in [1.29, 1.82) is 0 Å². The van der Waals surface area contributed by atoms with Crippen molar-refractivity contribution < 1.29 is 23.0 Å². The van der Waals surface area contributed by atoms with Gasteiger partial charge in [-0.1, -0.05) is 29.8 Å². The maximum absolute atomic E-state index is 14.2. The molecular formula is C24H21ClF2N2O3. The highest BCUT2D eigenvalue weighted by Gasteiger charge is 2.34. The van der Waals surface area contributed by atoms with Gasteiger partial charge in [0, 0.05) is 17.6 Å². The standard InChI is InChI=1S/C24H21ClF2N2O3/c1-31-21-11-14-9-10-29(24(30)28-20-8-7-15(26)12-19(20)27)23(17(14)13-22(21)32-2)16-5-3-4-6-18(16)25/h3-8,11-13,23H,9-10H2,1-2H3,(H,28,30)/t23-/m0/s1. The number of benzene rings is 3. The second-order valence-corrected chi connectivity index (χ2v) is 7.73. The van der Waals surface area contributed by atoms with Crippen LogP contribution >= 0.6 is 11.6 Å². The quantitative estimate of drug-likeness (QED) is 0.536. The molecule has 1 aliphatic rings. The van der Waals surface area contributed by atoms with Crippen LogP contribution in [0.1, 0.15) is 22.7 Å². The Morgan fingerprint density at radius 1 is 1.03 bits per heavy atom. The Bertz CT molecular complexity index is 1170. The topological polar surface area (TPSA) is 50.8 Å². The van der Waals surface area contributed by atoms with Crippen molar-refractivity contribution >= 4 is 23.3 Å². The SMILES string of the molecule is COc1cc2c(cc1OC)[C@H](c1ccccc1Cl)N(C(=O)Nc1ccc(F)cc1F)CC2. The van der Waals surface area contributed by atoms with Gasteiger partial charge in [0.05, 0.1) is 25.9 Å². The number of anilines is 1.